The predicted octanol–water partition coefficient (Wildman–Crippen LogP) is 2.91. The van der Waals surface area contributed by atoms with Gasteiger partial charge in [0.2, 0.25) is 0 Å². The summed E-state index contributed by atoms with van der Waals surface area (Å²) in [5.41, 5.74) is 1.45. The van der Waals surface area contributed by atoms with Crippen molar-refractivity contribution in [2.75, 3.05) is 0 Å². The van der Waals surface area contributed by atoms with Crippen LogP contribution in [0.1, 0.15) is 22.8 Å². The van der Waals surface area contributed by atoms with E-state index in [1.165, 1.54) is 0 Å². The number of rotatable bonds is 5. The summed E-state index contributed by atoms with van der Waals surface area (Å²) >= 11 is 0. The molecule has 0 saturated heterocycles. The first-order valence-electron chi connectivity index (χ1n) is 6.68. The third-order valence-corrected chi connectivity index (χ3v) is 2.91. The Hall–Kier alpha value is -2.80. The highest BCUT2D eigenvalue weighted by Crippen LogP contribution is 2.19. The highest BCUT2D eigenvalue weighted by molar-refractivity contribution is 5.96. The van der Waals surface area contributed by atoms with Crippen LogP contribution in [-0.4, -0.2) is 12.0 Å². The van der Waals surface area contributed by atoms with Gasteiger partial charge in [-0.05, 0) is 24.6 Å². The lowest BCUT2D eigenvalue weighted by atomic mass is 10.1. The van der Waals surface area contributed by atoms with Crippen LogP contribution in [0.4, 0.5) is 0 Å². The number of nitriles is 1. The molecule has 4 heteroatoms. The molecule has 1 N–H and O–H groups in total. The van der Waals surface area contributed by atoms with Crippen molar-refractivity contribution in [2.45, 2.75) is 19.6 Å². The second kappa shape index (κ2) is 7.11. The number of carbonyl (C=O) groups is 1. The topological polar surface area (TPSA) is 62.1 Å². The van der Waals surface area contributed by atoms with Crippen LogP contribution >= 0.6 is 0 Å². The van der Waals surface area contributed by atoms with E-state index in [2.05, 4.69) is 5.32 Å². The minimum Gasteiger partial charge on any atom is -0.475 e. The standard InChI is InChI=1S/C17H16N2O2/c1-13(11-18)21-16-10-6-5-9-15(16)17(20)19-12-14-7-3-2-4-8-14/h2-10,13H,12H2,1H3,(H,19,20)/t13-/m1/s1. The summed E-state index contributed by atoms with van der Waals surface area (Å²) in [6.07, 6.45) is -0.604. The quantitative estimate of drug-likeness (QED) is 0.916. The second-order valence-electron chi connectivity index (χ2n) is 4.55. The SMILES string of the molecule is C[C@H](C#N)Oc1ccccc1C(=O)NCc1ccccc1. The Kier molecular flexibility index (Phi) is 4.94. The molecule has 1 amide bonds. The highest BCUT2D eigenvalue weighted by atomic mass is 16.5. The number of amides is 1. The molecule has 0 heterocycles. The van der Waals surface area contributed by atoms with Crippen molar-refractivity contribution in [3.63, 3.8) is 0 Å². The van der Waals surface area contributed by atoms with E-state index in [9.17, 15) is 4.79 Å². The lowest BCUT2D eigenvalue weighted by molar-refractivity contribution is 0.0946. The predicted molar refractivity (Wildman–Crippen MR) is 79.8 cm³/mol. The molecule has 0 fully saturated rings. The molecule has 21 heavy (non-hydrogen) atoms. The van der Waals surface area contributed by atoms with E-state index in [4.69, 9.17) is 10.00 Å². The van der Waals surface area contributed by atoms with Gasteiger partial charge in [0.15, 0.2) is 6.10 Å². The number of ether oxygens (including phenoxy) is 1. The van der Waals surface area contributed by atoms with E-state index < -0.39 is 6.10 Å². The average molecular weight is 280 g/mol. The van der Waals surface area contributed by atoms with Gasteiger partial charge in [-0.3, -0.25) is 4.79 Å². The molecule has 4 nitrogen and oxygen atoms in total. The molecule has 2 aromatic rings. The maximum absolute atomic E-state index is 12.2. The van der Waals surface area contributed by atoms with Crippen LogP contribution < -0.4 is 10.1 Å². The third-order valence-electron chi connectivity index (χ3n) is 2.91. The van der Waals surface area contributed by atoms with Crippen molar-refractivity contribution in [3.8, 4) is 11.8 Å². The summed E-state index contributed by atoms with van der Waals surface area (Å²) in [7, 11) is 0. The van der Waals surface area contributed by atoms with E-state index >= 15 is 0 Å². The number of nitrogens with zero attached hydrogens (tertiary/aromatic N) is 1. The Morgan fingerprint density at radius 3 is 2.57 bits per heavy atom. The van der Waals surface area contributed by atoms with Gasteiger partial charge in [0.05, 0.1) is 5.56 Å². The van der Waals surface area contributed by atoms with Gasteiger partial charge >= 0.3 is 0 Å². The number of hydrogen-bond acceptors (Lipinski definition) is 3. The van der Waals surface area contributed by atoms with Crippen LogP contribution in [0.15, 0.2) is 54.6 Å². The van der Waals surface area contributed by atoms with Crippen LogP contribution in [0, 0.1) is 11.3 Å². The molecule has 0 saturated carbocycles. The smallest absolute Gasteiger partial charge is 0.255 e. The van der Waals surface area contributed by atoms with Crippen LogP contribution in [0.25, 0.3) is 0 Å². The summed E-state index contributed by atoms with van der Waals surface area (Å²) in [4.78, 5) is 12.2. The summed E-state index contributed by atoms with van der Waals surface area (Å²) < 4.78 is 5.45. The van der Waals surface area contributed by atoms with E-state index in [-0.39, 0.29) is 5.91 Å². The van der Waals surface area contributed by atoms with Crippen molar-refractivity contribution < 1.29 is 9.53 Å². The van der Waals surface area contributed by atoms with Crippen molar-refractivity contribution in [1.82, 2.24) is 5.32 Å². The minimum atomic E-state index is -0.604. The van der Waals surface area contributed by atoms with Gasteiger partial charge in [0, 0.05) is 6.54 Å². The van der Waals surface area contributed by atoms with Gasteiger partial charge in [-0.1, -0.05) is 42.5 Å². The van der Waals surface area contributed by atoms with Gasteiger partial charge in [-0.25, -0.2) is 0 Å². The van der Waals surface area contributed by atoms with Crippen LogP contribution in [0.5, 0.6) is 5.75 Å². The zero-order valence-corrected chi connectivity index (χ0v) is 11.7. The maximum atomic E-state index is 12.2. The number of benzene rings is 2. The fourth-order valence-electron chi connectivity index (χ4n) is 1.85. The van der Waals surface area contributed by atoms with Crippen molar-refractivity contribution >= 4 is 5.91 Å². The molecule has 2 aromatic carbocycles. The fraction of sp³-hybridized carbons (Fsp3) is 0.176. The maximum Gasteiger partial charge on any atom is 0.255 e. The zero-order valence-electron chi connectivity index (χ0n) is 11.7. The van der Waals surface area contributed by atoms with Crippen molar-refractivity contribution in [1.29, 1.82) is 5.26 Å². The number of hydrogen-bond donors (Lipinski definition) is 1. The summed E-state index contributed by atoms with van der Waals surface area (Å²) in [6.45, 7) is 2.08. The van der Waals surface area contributed by atoms with Gasteiger partial charge in [0.25, 0.3) is 5.91 Å². The Balaban J connectivity index is 2.07. The Bertz CT molecular complexity index is 647. The zero-order chi connectivity index (χ0) is 15.1. The minimum absolute atomic E-state index is 0.223. The Morgan fingerprint density at radius 1 is 1.19 bits per heavy atom. The van der Waals surface area contributed by atoms with Gasteiger partial charge < -0.3 is 10.1 Å². The third kappa shape index (κ3) is 4.08. The molecule has 0 radical (unpaired) electrons. The van der Waals surface area contributed by atoms with Crippen LogP contribution in [0.3, 0.4) is 0 Å². The Morgan fingerprint density at radius 2 is 1.86 bits per heavy atom. The number of carbonyl (C=O) groups excluding carboxylic acids is 1. The molecule has 0 unspecified atom stereocenters. The molecule has 0 aromatic heterocycles. The van der Waals surface area contributed by atoms with Gasteiger partial charge in [0.1, 0.15) is 11.8 Å². The lowest BCUT2D eigenvalue weighted by Gasteiger charge is -2.12. The summed E-state index contributed by atoms with van der Waals surface area (Å²) in [5.74, 6) is 0.191. The molecular formula is C17H16N2O2. The monoisotopic (exact) mass is 280 g/mol. The molecule has 106 valence electrons. The second-order valence-corrected chi connectivity index (χ2v) is 4.55. The molecule has 0 aliphatic rings. The first kappa shape index (κ1) is 14.6. The first-order valence-corrected chi connectivity index (χ1v) is 6.68. The van der Waals surface area contributed by atoms with Gasteiger partial charge in [-0.15, -0.1) is 0 Å². The molecule has 0 aliphatic carbocycles. The lowest BCUT2D eigenvalue weighted by Crippen LogP contribution is -2.24. The summed E-state index contributed by atoms with van der Waals surface area (Å²) in [6, 6.07) is 18.6. The first-order chi connectivity index (χ1) is 10.2. The molecule has 0 spiro atoms. The Labute approximate surface area is 124 Å². The number of nitrogens with one attached hydrogen (secondary N) is 1. The highest BCUT2D eigenvalue weighted by Gasteiger charge is 2.13. The van der Waals surface area contributed by atoms with Crippen LogP contribution in [-0.2, 0) is 6.54 Å². The number of para-hydroxylation sites is 1. The normalized spacial score (nSPS) is 11.2. The van der Waals surface area contributed by atoms with Gasteiger partial charge in [-0.2, -0.15) is 5.26 Å². The van der Waals surface area contributed by atoms with Crippen LogP contribution in [0.2, 0.25) is 0 Å². The van der Waals surface area contributed by atoms with Crippen molar-refractivity contribution in [2.24, 2.45) is 0 Å². The summed E-state index contributed by atoms with van der Waals surface area (Å²) in [5, 5.41) is 11.6. The van der Waals surface area contributed by atoms with E-state index in [0.717, 1.165) is 5.56 Å². The van der Waals surface area contributed by atoms with E-state index in [1.807, 2.05) is 36.4 Å². The van der Waals surface area contributed by atoms with E-state index in [0.29, 0.717) is 17.9 Å². The van der Waals surface area contributed by atoms with E-state index in [1.54, 1.807) is 31.2 Å². The fourth-order valence-corrected chi connectivity index (χ4v) is 1.85. The molecule has 0 bridgehead atoms. The molecule has 2 rings (SSSR count). The molecule has 0 aliphatic heterocycles. The van der Waals surface area contributed by atoms with Crippen molar-refractivity contribution in [3.05, 3.63) is 65.7 Å². The largest absolute Gasteiger partial charge is 0.475 e. The average Bonchev–Trinajstić information content (AvgIpc) is 2.54. The molecular weight excluding hydrogens is 264 g/mol. The molecule has 1 atom stereocenters.